The molecule has 21 heavy (non-hydrogen) atoms. The summed E-state index contributed by atoms with van der Waals surface area (Å²) >= 11 is 0. The van der Waals surface area contributed by atoms with E-state index in [9.17, 15) is 4.79 Å². The molecule has 0 bridgehead atoms. The number of hydrogen-bond donors (Lipinski definition) is 0. The van der Waals surface area contributed by atoms with E-state index in [1.54, 1.807) is 7.11 Å². The van der Waals surface area contributed by atoms with Crippen molar-refractivity contribution in [2.45, 2.75) is 45.6 Å². The summed E-state index contributed by atoms with van der Waals surface area (Å²) in [4.78, 5) is 12.0. The van der Waals surface area contributed by atoms with Crippen LogP contribution in [0.1, 0.15) is 45.1 Å². The molecular weight excluding hydrogens is 264 g/mol. The molecule has 2 rings (SSSR count). The number of hydrogen-bond acceptors (Lipinski definition) is 3. The minimum absolute atomic E-state index is 0.0357. The number of cyclic esters (lactones) is 1. The van der Waals surface area contributed by atoms with Crippen LogP contribution in [0.25, 0.3) is 6.08 Å². The van der Waals surface area contributed by atoms with Crippen LogP contribution < -0.4 is 4.74 Å². The van der Waals surface area contributed by atoms with Gasteiger partial charge in [-0.05, 0) is 36.6 Å². The van der Waals surface area contributed by atoms with E-state index >= 15 is 0 Å². The van der Waals surface area contributed by atoms with E-state index in [-0.39, 0.29) is 18.0 Å². The summed E-state index contributed by atoms with van der Waals surface area (Å²) in [6.07, 6.45) is 6.43. The van der Waals surface area contributed by atoms with Crippen LogP contribution in [0.4, 0.5) is 0 Å². The lowest BCUT2D eigenvalue weighted by molar-refractivity contribution is -0.139. The van der Waals surface area contributed by atoms with Crippen molar-refractivity contribution in [3.05, 3.63) is 35.4 Å². The summed E-state index contributed by atoms with van der Waals surface area (Å²) in [5, 5.41) is 0. The fraction of sp³-hybridized carbons (Fsp3) is 0.500. The van der Waals surface area contributed by atoms with E-state index in [1.807, 2.05) is 30.3 Å². The Morgan fingerprint density at radius 2 is 1.95 bits per heavy atom. The van der Waals surface area contributed by atoms with Crippen molar-refractivity contribution in [3.63, 3.8) is 0 Å². The Labute approximate surface area is 127 Å². The highest BCUT2D eigenvalue weighted by Gasteiger charge is 2.35. The van der Waals surface area contributed by atoms with E-state index in [1.165, 1.54) is 12.8 Å². The number of carbonyl (C=O) groups excluding carboxylic acids is 1. The van der Waals surface area contributed by atoms with Crippen LogP contribution in [-0.4, -0.2) is 19.2 Å². The molecule has 0 amide bonds. The highest BCUT2D eigenvalue weighted by molar-refractivity contribution is 5.96. The van der Waals surface area contributed by atoms with Crippen LogP contribution in [-0.2, 0) is 9.53 Å². The number of benzene rings is 1. The van der Waals surface area contributed by atoms with Gasteiger partial charge in [0.2, 0.25) is 0 Å². The Hall–Kier alpha value is -1.77. The monoisotopic (exact) mass is 288 g/mol. The highest BCUT2D eigenvalue weighted by Crippen LogP contribution is 2.32. The summed E-state index contributed by atoms with van der Waals surface area (Å²) in [5.41, 5.74) is 1.78. The van der Waals surface area contributed by atoms with Crippen LogP contribution in [0.3, 0.4) is 0 Å². The average molecular weight is 288 g/mol. The zero-order valence-corrected chi connectivity index (χ0v) is 13.1. The van der Waals surface area contributed by atoms with Gasteiger partial charge in [0.05, 0.1) is 7.11 Å². The second-order valence-corrected chi connectivity index (χ2v) is 5.60. The van der Waals surface area contributed by atoms with Gasteiger partial charge in [0.1, 0.15) is 11.9 Å². The first kappa shape index (κ1) is 15.6. The molecule has 2 atom stereocenters. The Morgan fingerprint density at radius 3 is 2.57 bits per heavy atom. The third-order valence-corrected chi connectivity index (χ3v) is 4.07. The van der Waals surface area contributed by atoms with Gasteiger partial charge < -0.3 is 9.47 Å². The first-order valence-corrected chi connectivity index (χ1v) is 7.72. The molecular formula is C18H24O3. The van der Waals surface area contributed by atoms with Crippen LogP contribution in [0.15, 0.2) is 29.8 Å². The summed E-state index contributed by atoms with van der Waals surface area (Å²) in [7, 11) is 1.64. The molecule has 1 fully saturated rings. The summed E-state index contributed by atoms with van der Waals surface area (Å²) in [5.74, 6) is 0.813. The fourth-order valence-electron chi connectivity index (χ4n) is 2.67. The molecule has 114 valence electrons. The summed E-state index contributed by atoms with van der Waals surface area (Å²) in [6, 6.07) is 7.71. The SMILES string of the molecule is CCCCCC1OC(=O)C(=Cc2ccc(OC)cc2)C1C. The van der Waals surface area contributed by atoms with Crippen LogP contribution in [0.2, 0.25) is 0 Å². The average Bonchev–Trinajstić information content (AvgIpc) is 2.76. The van der Waals surface area contributed by atoms with Gasteiger partial charge in [-0.15, -0.1) is 0 Å². The van der Waals surface area contributed by atoms with Crippen LogP contribution >= 0.6 is 0 Å². The predicted molar refractivity (Wildman–Crippen MR) is 84.2 cm³/mol. The second kappa shape index (κ2) is 7.30. The van der Waals surface area contributed by atoms with Crippen molar-refractivity contribution in [2.24, 2.45) is 5.92 Å². The number of esters is 1. The largest absolute Gasteiger partial charge is 0.497 e. The van der Waals surface area contributed by atoms with E-state index in [2.05, 4.69) is 13.8 Å². The van der Waals surface area contributed by atoms with Gasteiger partial charge in [-0.25, -0.2) is 4.79 Å². The van der Waals surface area contributed by atoms with Crippen LogP contribution in [0, 0.1) is 5.92 Å². The fourth-order valence-corrected chi connectivity index (χ4v) is 2.67. The Balaban J connectivity index is 2.07. The van der Waals surface area contributed by atoms with Gasteiger partial charge in [0.15, 0.2) is 0 Å². The predicted octanol–water partition coefficient (Wildman–Crippen LogP) is 4.22. The topological polar surface area (TPSA) is 35.5 Å². The molecule has 0 radical (unpaired) electrons. The summed E-state index contributed by atoms with van der Waals surface area (Å²) < 4.78 is 10.7. The molecule has 1 aromatic carbocycles. The second-order valence-electron chi connectivity index (χ2n) is 5.60. The molecule has 0 N–H and O–H groups in total. The molecule has 1 heterocycles. The Bertz CT molecular complexity index is 502. The molecule has 1 aliphatic heterocycles. The van der Waals surface area contributed by atoms with Crippen molar-refractivity contribution in [2.75, 3.05) is 7.11 Å². The maximum Gasteiger partial charge on any atom is 0.334 e. The standard InChI is InChI=1S/C18H24O3/c1-4-5-6-7-17-13(2)16(18(19)21-17)12-14-8-10-15(20-3)11-9-14/h8-13,17H,4-7H2,1-3H3. The Kier molecular flexibility index (Phi) is 5.43. The normalized spacial score (nSPS) is 23.4. The minimum Gasteiger partial charge on any atom is -0.497 e. The van der Waals surface area contributed by atoms with Gasteiger partial charge in [-0.3, -0.25) is 0 Å². The third-order valence-electron chi connectivity index (χ3n) is 4.07. The van der Waals surface area contributed by atoms with Gasteiger partial charge in [0.25, 0.3) is 0 Å². The first-order chi connectivity index (χ1) is 10.2. The minimum atomic E-state index is -0.167. The van der Waals surface area contributed by atoms with Gasteiger partial charge >= 0.3 is 5.97 Å². The highest BCUT2D eigenvalue weighted by atomic mass is 16.6. The van der Waals surface area contributed by atoms with Crippen molar-refractivity contribution in [1.82, 2.24) is 0 Å². The zero-order chi connectivity index (χ0) is 15.2. The third kappa shape index (κ3) is 3.87. The molecule has 3 heteroatoms. The molecule has 3 nitrogen and oxygen atoms in total. The van der Waals surface area contributed by atoms with E-state index in [0.717, 1.165) is 29.7 Å². The van der Waals surface area contributed by atoms with Gasteiger partial charge in [-0.1, -0.05) is 38.8 Å². The summed E-state index contributed by atoms with van der Waals surface area (Å²) in [6.45, 7) is 4.26. The molecule has 1 saturated heterocycles. The quantitative estimate of drug-likeness (QED) is 0.446. The maximum atomic E-state index is 12.0. The number of carbonyl (C=O) groups is 1. The smallest absolute Gasteiger partial charge is 0.334 e. The van der Waals surface area contributed by atoms with Crippen molar-refractivity contribution < 1.29 is 14.3 Å². The molecule has 1 aromatic rings. The number of ether oxygens (including phenoxy) is 2. The zero-order valence-electron chi connectivity index (χ0n) is 13.1. The molecule has 2 unspecified atom stereocenters. The van der Waals surface area contributed by atoms with E-state index in [4.69, 9.17) is 9.47 Å². The van der Waals surface area contributed by atoms with Gasteiger partial charge in [0, 0.05) is 11.5 Å². The molecule has 0 saturated carbocycles. The number of unbranched alkanes of at least 4 members (excludes halogenated alkanes) is 2. The lowest BCUT2D eigenvalue weighted by Crippen LogP contribution is -2.13. The van der Waals surface area contributed by atoms with Crippen molar-refractivity contribution in [3.8, 4) is 5.75 Å². The van der Waals surface area contributed by atoms with Crippen molar-refractivity contribution in [1.29, 1.82) is 0 Å². The molecule has 0 spiro atoms. The lowest BCUT2D eigenvalue weighted by Gasteiger charge is -2.13. The van der Waals surface area contributed by atoms with Crippen molar-refractivity contribution >= 4 is 12.0 Å². The first-order valence-electron chi connectivity index (χ1n) is 7.72. The maximum absolute atomic E-state index is 12.0. The Morgan fingerprint density at radius 1 is 1.24 bits per heavy atom. The molecule has 0 aliphatic carbocycles. The number of methoxy groups -OCH3 is 1. The van der Waals surface area contributed by atoms with E-state index < -0.39 is 0 Å². The molecule has 1 aliphatic rings. The van der Waals surface area contributed by atoms with Gasteiger partial charge in [-0.2, -0.15) is 0 Å². The van der Waals surface area contributed by atoms with E-state index in [0.29, 0.717) is 0 Å². The lowest BCUT2D eigenvalue weighted by atomic mass is 9.93. The molecule has 0 aromatic heterocycles. The van der Waals surface area contributed by atoms with Crippen LogP contribution in [0.5, 0.6) is 5.75 Å². The number of rotatable bonds is 6.